The van der Waals surface area contributed by atoms with Gasteiger partial charge < -0.3 is 9.72 Å². The third-order valence-corrected chi connectivity index (χ3v) is 8.58. The Balaban J connectivity index is 1.02. The summed E-state index contributed by atoms with van der Waals surface area (Å²) in [6.07, 6.45) is 2.64. The Hall–Kier alpha value is -5.13. The number of benzene rings is 3. The molecule has 226 valence electrons. The Morgan fingerprint density at radius 3 is 2.62 bits per heavy atom. The van der Waals surface area contributed by atoms with Gasteiger partial charge in [0.2, 0.25) is 5.95 Å². The van der Waals surface area contributed by atoms with Crippen molar-refractivity contribution in [3.8, 4) is 5.75 Å². The van der Waals surface area contributed by atoms with Crippen LogP contribution in [0, 0.1) is 0 Å². The van der Waals surface area contributed by atoms with E-state index in [0.29, 0.717) is 21.7 Å². The number of nitrogens with one attached hydrogen (secondary N) is 3. The van der Waals surface area contributed by atoms with Crippen LogP contribution in [-0.4, -0.2) is 49.3 Å². The smallest absolute Gasteiger partial charge is 0.276 e. The SMILES string of the molecule is CC(C)Oc1ccc(CN2CCc3nc(NC(=O)c4cccc5[nH]c(NC(=O)c6cc7ccccc7cn6)nc45)sc3C2)cc1. The summed E-state index contributed by atoms with van der Waals surface area (Å²) in [5.74, 6) is 0.401. The molecule has 0 radical (unpaired) electrons. The van der Waals surface area contributed by atoms with Crippen LogP contribution in [0.1, 0.15) is 50.8 Å². The number of thiazole rings is 1. The number of rotatable bonds is 8. The first-order valence-corrected chi connectivity index (χ1v) is 15.6. The van der Waals surface area contributed by atoms with E-state index in [2.05, 4.69) is 42.6 Å². The summed E-state index contributed by atoms with van der Waals surface area (Å²) in [5.41, 5.74) is 3.98. The Morgan fingerprint density at radius 2 is 1.80 bits per heavy atom. The van der Waals surface area contributed by atoms with Crippen molar-refractivity contribution in [3.63, 3.8) is 0 Å². The van der Waals surface area contributed by atoms with Crippen molar-refractivity contribution < 1.29 is 14.3 Å². The van der Waals surface area contributed by atoms with Crippen molar-refractivity contribution in [3.05, 3.63) is 106 Å². The minimum absolute atomic E-state index is 0.147. The van der Waals surface area contributed by atoms with E-state index < -0.39 is 5.91 Å². The number of H-pyrrole nitrogens is 1. The lowest BCUT2D eigenvalue weighted by atomic mass is 10.1. The topological polar surface area (TPSA) is 125 Å². The zero-order valence-corrected chi connectivity index (χ0v) is 25.6. The summed E-state index contributed by atoms with van der Waals surface area (Å²) in [5, 5.41) is 8.17. The second-order valence-corrected chi connectivity index (χ2v) is 12.4. The van der Waals surface area contributed by atoms with Gasteiger partial charge in [-0.15, -0.1) is 11.3 Å². The molecule has 45 heavy (non-hydrogen) atoms. The standard InChI is InChI=1S/C34H31N7O3S/c1-20(2)44-24-12-10-21(11-13-24)18-41-15-14-26-29(19-41)45-34(37-26)40-31(42)25-8-5-9-27-30(25)38-33(36-27)39-32(43)28-16-22-6-3-4-7-23(22)17-35-28/h3-13,16-17,20H,14-15,18-19H2,1-2H3,(H,37,40,42)(H2,36,38,39,43). The first-order chi connectivity index (χ1) is 21.9. The molecule has 0 saturated heterocycles. The maximum atomic E-state index is 13.4. The van der Waals surface area contributed by atoms with Gasteiger partial charge in [0.15, 0.2) is 5.13 Å². The molecular weight excluding hydrogens is 586 g/mol. The minimum Gasteiger partial charge on any atom is -0.491 e. The molecule has 2 amide bonds. The predicted octanol–water partition coefficient (Wildman–Crippen LogP) is 6.42. The van der Waals surface area contributed by atoms with Crippen LogP contribution in [0.4, 0.5) is 11.1 Å². The lowest BCUT2D eigenvalue weighted by Crippen LogP contribution is -2.29. The normalized spacial score (nSPS) is 13.2. The molecule has 1 aliphatic heterocycles. The summed E-state index contributed by atoms with van der Waals surface area (Å²) >= 11 is 1.50. The number of fused-ring (bicyclic) bond motifs is 3. The van der Waals surface area contributed by atoms with Crippen LogP contribution >= 0.6 is 11.3 Å². The van der Waals surface area contributed by atoms with Gasteiger partial charge in [0.05, 0.1) is 22.9 Å². The molecule has 0 fully saturated rings. The summed E-state index contributed by atoms with van der Waals surface area (Å²) in [6, 6.07) is 23.0. The van der Waals surface area contributed by atoms with Crippen LogP contribution in [0.3, 0.4) is 0 Å². The van der Waals surface area contributed by atoms with E-state index in [1.54, 1.807) is 24.4 Å². The lowest BCUT2D eigenvalue weighted by Gasteiger charge is -2.25. The molecule has 11 heteroatoms. The zero-order valence-electron chi connectivity index (χ0n) is 24.8. The molecular formula is C34H31N7O3S. The molecule has 0 atom stereocenters. The van der Waals surface area contributed by atoms with Crippen LogP contribution < -0.4 is 15.4 Å². The molecule has 3 aromatic heterocycles. The van der Waals surface area contributed by atoms with Gasteiger partial charge in [-0.3, -0.25) is 30.1 Å². The summed E-state index contributed by atoms with van der Waals surface area (Å²) in [4.78, 5) is 46.5. The van der Waals surface area contributed by atoms with Gasteiger partial charge >= 0.3 is 0 Å². The Morgan fingerprint density at radius 1 is 0.978 bits per heavy atom. The number of anilines is 2. The number of amides is 2. The third-order valence-electron chi connectivity index (χ3n) is 7.58. The molecule has 3 N–H and O–H groups in total. The molecule has 0 saturated carbocycles. The van der Waals surface area contributed by atoms with Crippen molar-refractivity contribution in [2.45, 2.75) is 39.5 Å². The molecule has 10 nitrogen and oxygen atoms in total. The summed E-state index contributed by atoms with van der Waals surface area (Å²) in [7, 11) is 0. The fraction of sp³-hybridized carbons (Fsp3) is 0.206. The Kier molecular flexibility index (Phi) is 7.70. The van der Waals surface area contributed by atoms with E-state index in [4.69, 9.17) is 9.72 Å². The number of ether oxygens (including phenoxy) is 1. The molecule has 4 heterocycles. The number of carbonyl (C=O) groups is 2. The quantitative estimate of drug-likeness (QED) is 0.180. The largest absolute Gasteiger partial charge is 0.491 e. The molecule has 0 spiro atoms. The van der Waals surface area contributed by atoms with E-state index in [1.165, 1.54) is 16.9 Å². The van der Waals surface area contributed by atoms with Gasteiger partial charge in [-0.1, -0.05) is 42.5 Å². The number of nitrogens with zero attached hydrogens (tertiary/aromatic N) is 4. The van der Waals surface area contributed by atoms with Gasteiger partial charge in [-0.25, -0.2) is 9.97 Å². The second-order valence-electron chi connectivity index (χ2n) is 11.3. The fourth-order valence-corrected chi connectivity index (χ4v) is 6.50. The molecule has 1 aliphatic rings. The number of imidazole rings is 1. The number of hydrogen-bond donors (Lipinski definition) is 3. The third kappa shape index (κ3) is 6.26. The van der Waals surface area contributed by atoms with Gasteiger partial charge in [-0.2, -0.15) is 0 Å². The van der Waals surface area contributed by atoms with Gasteiger partial charge in [-0.05, 0) is 55.1 Å². The highest BCUT2D eigenvalue weighted by Gasteiger charge is 2.23. The van der Waals surface area contributed by atoms with Crippen LogP contribution in [0.15, 0.2) is 79.0 Å². The Bertz CT molecular complexity index is 2030. The summed E-state index contributed by atoms with van der Waals surface area (Å²) < 4.78 is 5.76. The van der Waals surface area contributed by atoms with E-state index in [1.807, 2.05) is 56.3 Å². The van der Waals surface area contributed by atoms with Crippen molar-refractivity contribution in [1.29, 1.82) is 0 Å². The molecule has 0 bridgehead atoms. The molecule has 6 aromatic rings. The number of para-hydroxylation sites is 1. The number of pyridine rings is 1. The minimum atomic E-state index is -0.398. The average Bonchev–Trinajstić information content (AvgIpc) is 3.64. The first-order valence-electron chi connectivity index (χ1n) is 14.8. The van der Waals surface area contributed by atoms with E-state index in [9.17, 15) is 9.59 Å². The van der Waals surface area contributed by atoms with Crippen LogP contribution in [0.5, 0.6) is 5.75 Å². The highest BCUT2D eigenvalue weighted by atomic mass is 32.1. The highest BCUT2D eigenvalue weighted by Crippen LogP contribution is 2.30. The van der Waals surface area contributed by atoms with Gasteiger partial charge in [0, 0.05) is 42.5 Å². The van der Waals surface area contributed by atoms with E-state index in [0.717, 1.165) is 53.1 Å². The molecule has 0 unspecified atom stereocenters. The molecule has 0 aliphatic carbocycles. The fourth-order valence-electron chi connectivity index (χ4n) is 5.46. The molecule has 3 aromatic carbocycles. The van der Waals surface area contributed by atoms with Gasteiger partial charge in [0.1, 0.15) is 17.0 Å². The van der Waals surface area contributed by atoms with Crippen LogP contribution in [0.2, 0.25) is 0 Å². The first kappa shape index (κ1) is 28.6. The van der Waals surface area contributed by atoms with E-state index in [-0.39, 0.29) is 23.7 Å². The molecule has 7 rings (SSSR count). The number of aromatic amines is 1. The predicted molar refractivity (Wildman–Crippen MR) is 176 cm³/mol. The highest BCUT2D eigenvalue weighted by molar-refractivity contribution is 7.15. The summed E-state index contributed by atoms with van der Waals surface area (Å²) in [6.45, 7) is 6.54. The van der Waals surface area contributed by atoms with Crippen molar-refractivity contribution in [2.75, 3.05) is 17.2 Å². The average molecular weight is 618 g/mol. The maximum absolute atomic E-state index is 13.4. The zero-order chi connectivity index (χ0) is 30.9. The van der Waals surface area contributed by atoms with Crippen molar-refractivity contribution in [2.24, 2.45) is 0 Å². The van der Waals surface area contributed by atoms with Crippen molar-refractivity contribution >= 4 is 56.0 Å². The van der Waals surface area contributed by atoms with Crippen LogP contribution in [-0.2, 0) is 19.5 Å². The van der Waals surface area contributed by atoms with E-state index >= 15 is 0 Å². The van der Waals surface area contributed by atoms with Crippen LogP contribution in [0.25, 0.3) is 21.8 Å². The number of carbonyl (C=O) groups excluding carboxylic acids is 2. The lowest BCUT2D eigenvalue weighted by molar-refractivity contribution is 0.101. The number of aromatic nitrogens is 4. The van der Waals surface area contributed by atoms with Gasteiger partial charge in [0.25, 0.3) is 11.8 Å². The monoisotopic (exact) mass is 617 g/mol. The second kappa shape index (κ2) is 12.1. The number of hydrogen-bond acceptors (Lipinski definition) is 8. The maximum Gasteiger partial charge on any atom is 0.276 e. The van der Waals surface area contributed by atoms with Crippen molar-refractivity contribution in [1.82, 2.24) is 24.8 Å². The Labute approximate surface area is 263 Å².